The van der Waals surface area contributed by atoms with E-state index in [-0.39, 0.29) is 5.91 Å². The molecule has 0 N–H and O–H groups in total. The number of nitrogens with zero attached hydrogens (tertiary/aromatic N) is 2. The summed E-state index contributed by atoms with van der Waals surface area (Å²) in [4.78, 5) is 16.3. The van der Waals surface area contributed by atoms with Crippen LogP contribution in [0.2, 0.25) is 0 Å². The molecule has 0 aromatic heterocycles. The fourth-order valence-electron chi connectivity index (χ4n) is 3.49. The van der Waals surface area contributed by atoms with Crippen molar-refractivity contribution in [2.24, 2.45) is 0 Å². The van der Waals surface area contributed by atoms with E-state index in [0.29, 0.717) is 12.2 Å². The minimum atomic E-state index is 0.0602. The zero-order chi connectivity index (χ0) is 16.9. The van der Waals surface area contributed by atoms with Crippen LogP contribution in [0, 0.1) is 0 Å². The number of amides is 1. The second kappa shape index (κ2) is 8.37. The molecule has 2 fully saturated rings. The molecule has 1 aromatic rings. The van der Waals surface area contributed by atoms with Gasteiger partial charge < -0.3 is 9.64 Å². The topological polar surface area (TPSA) is 32.8 Å². The van der Waals surface area contributed by atoms with E-state index in [2.05, 4.69) is 22.7 Å². The van der Waals surface area contributed by atoms with Gasteiger partial charge in [-0.2, -0.15) is 11.8 Å². The van der Waals surface area contributed by atoms with E-state index < -0.39 is 0 Å². The number of rotatable bonds is 5. The van der Waals surface area contributed by atoms with Crippen molar-refractivity contribution in [2.45, 2.75) is 31.5 Å². The van der Waals surface area contributed by atoms with Crippen LogP contribution >= 0.6 is 11.8 Å². The molecule has 1 amide bonds. The average Bonchev–Trinajstić information content (AvgIpc) is 3.02. The molecule has 0 bridgehead atoms. The van der Waals surface area contributed by atoms with Gasteiger partial charge in [0.15, 0.2) is 0 Å². The second-order valence-corrected chi connectivity index (χ2v) is 8.20. The van der Waals surface area contributed by atoms with E-state index in [1.807, 2.05) is 18.2 Å². The van der Waals surface area contributed by atoms with Gasteiger partial charge in [0.2, 0.25) is 0 Å². The second-order valence-electron chi connectivity index (χ2n) is 6.97. The van der Waals surface area contributed by atoms with E-state index in [1.165, 1.54) is 30.2 Å². The molecule has 3 rings (SSSR count). The highest BCUT2D eigenvalue weighted by Gasteiger charge is 2.27. The SMILES string of the molecule is CN(C)C(=O)c1cccc(C[C@@H]2CC[C@H](CN3CCSCC3)O2)c1. The third kappa shape index (κ3) is 4.74. The molecule has 5 heteroatoms. The molecule has 2 saturated heterocycles. The van der Waals surface area contributed by atoms with E-state index >= 15 is 0 Å². The van der Waals surface area contributed by atoms with Gasteiger partial charge in [0.05, 0.1) is 12.2 Å². The van der Waals surface area contributed by atoms with Gasteiger partial charge in [-0.1, -0.05) is 12.1 Å². The maximum Gasteiger partial charge on any atom is 0.253 e. The Morgan fingerprint density at radius 1 is 1.25 bits per heavy atom. The summed E-state index contributed by atoms with van der Waals surface area (Å²) in [7, 11) is 3.58. The number of thioether (sulfide) groups is 1. The lowest BCUT2D eigenvalue weighted by Gasteiger charge is -2.28. The third-order valence-electron chi connectivity index (χ3n) is 4.80. The van der Waals surface area contributed by atoms with Gasteiger partial charge in [0, 0.05) is 50.8 Å². The lowest BCUT2D eigenvalue weighted by Crippen LogP contribution is -2.38. The van der Waals surface area contributed by atoms with Gasteiger partial charge >= 0.3 is 0 Å². The summed E-state index contributed by atoms with van der Waals surface area (Å²) in [6.07, 6.45) is 3.86. The summed E-state index contributed by atoms with van der Waals surface area (Å²) in [5.74, 6) is 2.57. The van der Waals surface area contributed by atoms with Gasteiger partial charge in [-0.25, -0.2) is 0 Å². The molecule has 0 unspecified atom stereocenters. The van der Waals surface area contributed by atoms with Crippen LogP contribution in [0.15, 0.2) is 24.3 Å². The highest BCUT2D eigenvalue weighted by Crippen LogP contribution is 2.25. The number of ether oxygens (including phenoxy) is 1. The Hall–Kier alpha value is -1.04. The van der Waals surface area contributed by atoms with Crippen LogP contribution in [0.3, 0.4) is 0 Å². The molecular weight excluding hydrogens is 320 g/mol. The molecule has 4 nitrogen and oxygen atoms in total. The van der Waals surface area contributed by atoms with Crippen molar-refractivity contribution >= 4 is 17.7 Å². The Kier molecular flexibility index (Phi) is 6.19. The van der Waals surface area contributed by atoms with Crippen LogP contribution in [0.4, 0.5) is 0 Å². The Balaban J connectivity index is 1.51. The predicted octanol–water partition coefficient (Wildman–Crippen LogP) is 2.53. The lowest BCUT2D eigenvalue weighted by atomic mass is 10.0. The monoisotopic (exact) mass is 348 g/mol. The predicted molar refractivity (Wildman–Crippen MR) is 99.8 cm³/mol. The highest BCUT2D eigenvalue weighted by molar-refractivity contribution is 7.99. The zero-order valence-corrected chi connectivity index (χ0v) is 15.6. The first-order valence-electron chi connectivity index (χ1n) is 8.88. The van der Waals surface area contributed by atoms with E-state index in [0.717, 1.165) is 31.4 Å². The smallest absolute Gasteiger partial charge is 0.253 e. The number of benzene rings is 1. The first kappa shape index (κ1) is 17.8. The summed E-state index contributed by atoms with van der Waals surface area (Å²) in [6, 6.07) is 7.98. The minimum Gasteiger partial charge on any atom is -0.373 e. The lowest BCUT2D eigenvalue weighted by molar-refractivity contribution is 0.0251. The van der Waals surface area contributed by atoms with E-state index in [9.17, 15) is 4.79 Å². The van der Waals surface area contributed by atoms with Crippen LogP contribution in [0.1, 0.15) is 28.8 Å². The first-order chi connectivity index (χ1) is 11.6. The fourth-order valence-corrected chi connectivity index (χ4v) is 4.47. The van der Waals surface area contributed by atoms with Gasteiger partial charge in [-0.05, 0) is 37.0 Å². The van der Waals surface area contributed by atoms with Crippen molar-refractivity contribution in [2.75, 3.05) is 45.2 Å². The Labute approximate surface area is 149 Å². The maximum absolute atomic E-state index is 12.1. The zero-order valence-electron chi connectivity index (χ0n) is 14.7. The highest BCUT2D eigenvalue weighted by atomic mass is 32.2. The maximum atomic E-state index is 12.1. The summed E-state index contributed by atoms with van der Waals surface area (Å²) in [5.41, 5.74) is 1.96. The third-order valence-corrected chi connectivity index (χ3v) is 5.75. The molecule has 132 valence electrons. The van der Waals surface area contributed by atoms with Crippen LogP contribution in [-0.2, 0) is 11.2 Å². The molecule has 1 aromatic carbocycles. The quantitative estimate of drug-likeness (QED) is 0.819. The van der Waals surface area contributed by atoms with E-state index in [1.54, 1.807) is 19.0 Å². The summed E-state index contributed by atoms with van der Waals surface area (Å²) >= 11 is 2.05. The van der Waals surface area contributed by atoms with Gasteiger partial charge in [0.25, 0.3) is 5.91 Å². The van der Waals surface area contributed by atoms with Crippen molar-refractivity contribution in [1.29, 1.82) is 0 Å². The molecule has 0 aliphatic carbocycles. The van der Waals surface area contributed by atoms with Gasteiger partial charge in [0.1, 0.15) is 0 Å². The fraction of sp³-hybridized carbons (Fsp3) is 0.632. The molecule has 2 heterocycles. The standard InChI is InChI=1S/C19H28N2O2S/c1-20(2)19(22)16-5-3-4-15(12-16)13-17-6-7-18(23-17)14-21-8-10-24-11-9-21/h3-5,12,17-18H,6-11,13-14H2,1-2H3/t17-,18+/m0/s1. The molecule has 0 radical (unpaired) electrons. The first-order valence-corrected chi connectivity index (χ1v) is 10.0. The number of carbonyl (C=O) groups is 1. The molecule has 0 spiro atoms. The van der Waals surface area contributed by atoms with Gasteiger partial charge in [-0.15, -0.1) is 0 Å². The van der Waals surface area contributed by atoms with Crippen molar-refractivity contribution in [3.63, 3.8) is 0 Å². The molecule has 2 aliphatic rings. The van der Waals surface area contributed by atoms with Crippen molar-refractivity contribution < 1.29 is 9.53 Å². The Morgan fingerprint density at radius 3 is 2.75 bits per heavy atom. The largest absolute Gasteiger partial charge is 0.373 e. The average molecular weight is 349 g/mol. The molecule has 24 heavy (non-hydrogen) atoms. The summed E-state index contributed by atoms with van der Waals surface area (Å²) in [5, 5.41) is 0. The number of hydrogen-bond donors (Lipinski definition) is 0. The minimum absolute atomic E-state index is 0.0602. The molecule has 2 aliphatic heterocycles. The van der Waals surface area contributed by atoms with Crippen molar-refractivity contribution in [3.8, 4) is 0 Å². The number of carbonyl (C=O) groups excluding carboxylic acids is 1. The molecule has 0 saturated carbocycles. The van der Waals surface area contributed by atoms with Crippen molar-refractivity contribution in [1.82, 2.24) is 9.80 Å². The van der Waals surface area contributed by atoms with E-state index in [4.69, 9.17) is 4.74 Å². The Morgan fingerprint density at radius 2 is 2.00 bits per heavy atom. The summed E-state index contributed by atoms with van der Waals surface area (Å²) < 4.78 is 6.27. The van der Waals surface area contributed by atoms with Gasteiger partial charge in [-0.3, -0.25) is 9.69 Å². The normalized spacial score (nSPS) is 24.9. The Bertz CT molecular complexity index is 558. The summed E-state index contributed by atoms with van der Waals surface area (Å²) in [6.45, 7) is 3.48. The number of hydrogen-bond acceptors (Lipinski definition) is 4. The van der Waals surface area contributed by atoms with Crippen LogP contribution in [-0.4, -0.2) is 73.2 Å². The van der Waals surface area contributed by atoms with Crippen LogP contribution in [0.25, 0.3) is 0 Å². The molecular formula is C19H28N2O2S. The van der Waals surface area contributed by atoms with Crippen LogP contribution < -0.4 is 0 Å². The molecule has 2 atom stereocenters. The van der Waals surface area contributed by atoms with Crippen molar-refractivity contribution in [3.05, 3.63) is 35.4 Å². The van der Waals surface area contributed by atoms with Crippen LogP contribution in [0.5, 0.6) is 0 Å².